The van der Waals surface area contributed by atoms with Crippen LogP contribution >= 0.6 is 0 Å². The van der Waals surface area contributed by atoms with E-state index < -0.39 is 11.6 Å². The van der Waals surface area contributed by atoms with E-state index in [1.54, 1.807) is 60.7 Å². The average Bonchev–Trinajstić information content (AvgIpc) is 1.64. The van der Waals surface area contributed by atoms with E-state index >= 15 is 0 Å². The van der Waals surface area contributed by atoms with Crippen molar-refractivity contribution in [3.63, 3.8) is 0 Å². The van der Waals surface area contributed by atoms with Crippen molar-refractivity contribution in [2.24, 2.45) is 0 Å². The predicted molar refractivity (Wildman–Crippen MR) is 542 cm³/mol. The van der Waals surface area contributed by atoms with Crippen LogP contribution in [0.5, 0.6) is 40.2 Å². The third-order valence-electron chi connectivity index (χ3n) is 25.1. The minimum Gasteiger partial charge on any atom is -0.493 e. The van der Waals surface area contributed by atoms with E-state index in [2.05, 4.69) is 6.07 Å². The smallest absolute Gasteiger partial charge is 0.309 e. The van der Waals surface area contributed by atoms with Crippen molar-refractivity contribution in [2.45, 2.75) is 221 Å². The van der Waals surface area contributed by atoms with E-state index in [1.165, 1.54) is 84.6 Å². The van der Waals surface area contributed by atoms with Crippen molar-refractivity contribution in [1.29, 1.82) is 0 Å². The Morgan fingerprint density at radius 3 is 0.736 bits per heavy atom. The van der Waals surface area contributed by atoms with Crippen LogP contribution in [0, 0.1) is 132 Å². The van der Waals surface area contributed by atoms with E-state index in [9.17, 15) is 60.2 Å². The van der Waals surface area contributed by atoms with Crippen LogP contribution in [0.15, 0.2) is 182 Å². The molecule has 13 rings (SSSR count). The lowest BCUT2D eigenvalue weighted by atomic mass is 9.96. The lowest BCUT2D eigenvalue weighted by molar-refractivity contribution is -0.140. The summed E-state index contributed by atoms with van der Waals surface area (Å²) < 4.78 is 153. The summed E-state index contributed by atoms with van der Waals surface area (Å²) in [6, 6.07) is 52.8. The van der Waals surface area contributed by atoms with E-state index in [-0.39, 0.29) is 178 Å². The van der Waals surface area contributed by atoms with Gasteiger partial charge in [0.25, 0.3) is 0 Å². The lowest BCUT2D eigenvalue weighted by Crippen LogP contribution is -2.11. The highest BCUT2D eigenvalue weighted by atomic mass is 19.1. The molecule has 12 aromatic rings. The number of hydrogen-bond acceptors (Lipinski definition) is 20. The molecule has 20 nitrogen and oxygen atoms in total. The molecule has 0 heterocycles. The van der Waals surface area contributed by atoms with Gasteiger partial charge in [-0.2, -0.15) is 0 Å². The van der Waals surface area contributed by atoms with Crippen LogP contribution in [0.3, 0.4) is 0 Å². The molecule has 1 fully saturated rings. The molecule has 1 aliphatic carbocycles. The highest BCUT2D eigenvalue weighted by Gasteiger charge is 2.29. The first-order valence-corrected chi connectivity index (χ1v) is 47.3. The van der Waals surface area contributed by atoms with Crippen LogP contribution in [-0.2, 0) is 148 Å². The minimum atomic E-state index is -0.436. The monoisotopic (exact) mass is 1980 g/mol. The fourth-order valence-corrected chi connectivity index (χ4v) is 15.3. The molecule has 0 atom stereocenters. The third kappa shape index (κ3) is 33.9. The number of ether oxygens (including phenoxy) is 13. The standard InChI is InChI=1S/C21H23FO3.C20H23FO4.C20H23FO3.C19H21FO4.2C19H21FO3/c1-13-9-19(22)20(10-14(13)2)25-12-18-16(11-21(23)24-3)5-4-6-17(18)15-7-8-15;1-5-24-18-8-6-7-15(11-20(22)23-4)16(18)12-25-19-10-14(3)13(2)9-17(19)21;1-5-15-7-6-8-16(11-20(22)23-4)17(15)12-24-19-10-14(3)13(2)9-18(19)21;1-12-7-17(20)18(8-13(12)2)24-11-16-14(9-19(22)23-3)5-4-6-15(16)10-21;2*1-12-6-5-7-15(10-19(21)22-4)16(12)11-23-18-9-14(3)13(2)8-17(18)20/h4-6,9-10,15H,7-8,11-12H2,1-3H3;6-10H,5,11-12H2,1-4H3;6-10H,5,11-12H2,1-4H3;4-8,21H,9-11H2,1-3H3;2*5-9H,10-11H2,1-4H3. The van der Waals surface area contributed by atoms with Gasteiger partial charge in [0.15, 0.2) is 69.4 Å². The van der Waals surface area contributed by atoms with Gasteiger partial charge >= 0.3 is 35.8 Å². The maximum absolute atomic E-state index is 14.2. The van der Waals surface area contributed by atoms with Gasteiger partial charge in [0.2, 0.25) is 0 Å². The Morgan fingerprint density at radius 2 is 0.465 bits per heavy atom. The van der Waals surface area contributed by atoms with Crippen LogP contribution in [0.1, 0.15) is 194 Å². The molecule has 0 aliphatic heterocycles. The maximum atomic E-state index is 14.2. The summed E-state index contributed by atoms with van der Waals surface area (Å²) in [5.74, 6) is -1.90. The Labute approximate surface area is 841 Å². The van der Waals surface area contributed by atoms with Gasteiger partial charge in [0.1, 0.15) is 45.4 Å². The van der Waals surface area contributed by atoms with Crippen molar-refractivity contribution in [3.8, 4) is 40.2 Å². The number of methoxy groups -OCH3 is 6. The second-order valence-electron chi connectivity index (χ2n) is 35.1. The van der Waals surface area contributed by atoms with Gasteiger partial charge in [-0.1, -0.05) is 110 Å². The van der Waals surface area contributed by atoms with Gasteiger partial charge in [-0.25, -0.2) is 26.3 Å². The SMILES string of the molecule is CCOc1cccc(CC(=O)OC)c1COc1cc(C)c(C)cc1F.CCc1cccc(CC(=O)OC)c1COc1cc(C)c(C)cc1F.COC(=O)Cc1cccc(C)c1COc1cc(C)c(C)cc1F.COC(=O)Cc1cccc(C)c1COc1cc(C)c(C)cc1F.COC(=O)Cc1cccc(C2CC2)c1COc1cc(C)c(C)cc1F.COC(=O)Cc1cccc(CO)c1COc1cc(C)c(C)cc1F. The fourth-order valence-electron chi connectivity index (χ4n) is 15.3. The zero-order valence-corrected chi connectivity index (χ0v) is 86.4. The molecule has 0 radical (unpaired) electrons. The molecule has 0 bridgehead atoms. The summed E-state index contributed by atoms with van der Waals surface area (Å²) in [6.07, 6.45) is 3.99. The molecule has 0 unspecified atom stereocenters. The number of aliphatic hydroxyl groups excluding tert-OH is 1. The van der Waals surface area contributed by atoms with E-state index in [0.29, 0.717) is 40.5 Å². The Kier molecular flexibility index (Phi) is 45.0. The fraction of sp³-hybridized carbons (Fsp3) is 0.339. The van der Waals surface area contributed by atoms with Crippen LogP contribution < -0.4 is 33.2 Å². The molecule has 0 amide bonds. The number of hydrogen-bond donors (Lipinski definition) is 1. The first-order chi connectivity index (χ1) is 68.7. The molecule has 12 aromatic carbocycles. The molecule has 766 valence electrons. The topological polar surface area (TPSA) is 243 Å². The number of benzene rings is 12. The molecule has 26 heteroatoms. The highest BCUT2D eigenvalue weighted by Crippen LogP contribution is 2.43. The van der Waals surface area contributed by atoms with Gasteiger partial charge in [-0.15, -0.1) is 0 Å². The summed E-state index contributed by atoms with van der Waals surface area (Å²) in [4.78, 5) is 69.6. The number of rotatable bonds is 35. The van der Waals surface area contributed by atoms with Crippen molar-refractivity contribution >= 4 is 35.8 Å². The van der Waals surface area contributed by atoms with Crippen LogP contribution in [-0.4, -0.2) is 90.2 Å². The van der Waals surface area contributed by atoms with Gasteiger partial charge in [0.05, 0.1) is 94.4 Å². The lowest BCUT2D eigenvalue weighted by Gasteiger charge is -2.16. The summed E-state index contributed by atoms with van der Waals surface area (Å²) in [5.41, 5.74) is 25.9. The minimum absolute atomic E-state index is 0.0580. The second kappa shape index (κ2) is 56.4. The number of carbonyl (C=O) groups is 6. The maximum Gasteiger partial charge on any atom is 0.309 e. The summed E-state index contributed by atoms with van der Waals surface area (Å²) >= 11 is 0. The van der Waals surface area contributed by atoms with Crippen LogP contribution in [0.2, 0.25) is 0 Å². The van der Waals surface area contributed by atoms with Crippen LogP contribution in [0.4, 0.5) is 26.3 Å². The Balaban J connectivity index is 0.000000211. The third-order valence-corrected chi connectivity index (χ3v) is 25.1. The highest BCUT2D eigenvalue weighted by molar-refractivity contribution is 5.76. The van der Waals surface area contributed by atoms with Crippen molar-refractivity contribution < 1.29 is 122 Å². The van der Waals surface area contributed by atoms with Crippen molar-refractivity contribution in [2.75, 3.05) is 49.3 Å². The van der Waals surface area contributed by atoms with Crippen molar-refractivity contribution in [1.82, 2.24) is 0 Å². The second-order valence-corrected chi connectivity index (χ2v) is 35.1. The van der Waals surface area contributed by atoms with E-state index in [1.807, 2.05) is 190 Å². The zero-order valence-electron chi connectivity index (χ0n) is 86.4. The molecular weight excluding hydrogens is 1850 g/mol. The van der Waals surface area contributed by atoms with Gasteiger partial charge in [-0.05, 0) is 364 Å². The Bertz CT molecular complexity index is 6210. The number of esters is 6. The quantitative estimate of drug-likeness (QED) is 0.0220. The molecule has 0 aromatic heterocycles. The number of aryl methyl sites for hydroxylation is 15. The van der Waals surface area contributed by atoms with Crippen molar-refractivity contribution in [3.05, 3.63) is 378 Å². The normalized spacial score (nSPS) is 11.0. The first-order valence-electron chi connectivity index (χ1n) is 47.3. The van der Waals surface area contributed by atoms with Gasteiger partial charge < -0.3 is 66.7 Å². The Hall–Kier alpha value is -14.4. The number of aliphatic hydroxyl groups is 1. The molecule has 1 aliphatic rings. The summed E-state index contributed by atoms with van der Waals surface area (Å²) in [6.45, 7) is 31.7. The van der Waals surface area contributed by atoms with Gasteiger partial charge in [-0.3, -0.25) is 28.8 Å². The first kappa shape index (κ1) is 115. The predicted octanol–water partition coefficient (Wildman–Crippen LogP) is 24.4. The van der Waals surface area contributed by atoms with Gasteiger partial charge in [0, 0.05) is 5.56 Å². The molecular formula is C118H132F6O20. The molecule has 1 N–H and O–H groups in total. The number of halogens is 6. The Morgan fingerprint density at radius 1 is 0.250 bits per heavy atom. The van der Waals surface area contributed by atoms with E-state index in [0.717, 1.165) is 153 Å². The zero-order chi connectivity index (χ0) is 106. The van der Waals surface area contributed by atoms with Crippen LogP contribution in [0.25, 0.3) is 0 Å². The molecule has 0 saturated heterocycles. The molecule has 1 saturated carbocycles. The molecule has 144 heavy (non-hydrogen) atoms. The number of carbonyl (C=O) groups excluding carboxylic acids is 6. The summed E-state index contributed by atoms with van der Waals surface area (Å²) in [7, 11) is 8.13. The van der Waals surface area contributed by atoms with E-state index in [4.69, 9.17) is 61.6 Å². The average molecular weight is 1980 g/mol. The summed E-state index contributed by atoms with van der Waals surface area (Å²) in [5, 5.41) is 9.52. The largest absolute Gasteiger partial charge is 0.493 e. The molecule has 0 spiro atoms.